The Bertz CT molecular complexity index is 679. The molecule has 0 atom stereocenters. The molecule has 23 heavy (non-hydrogen) atoms. The molecule has 0 spiro atoms. The minimum Gasteiger partial charge on any atom is -0.380 e. The van der Waals surface area contributed by atoms with E-state index < -0.39 is 0 Å². The molecule has 0 bridgehead atoms. The maximum atomic E-state index is 5.14. The lowest BCUT2D eigenvalue weighted by molar-refractivity contribution is 0.185. The number of ether oxygens (including phenoxy) is 1. The molecule has 1 heterocycles. The average Bonchev–Trinajstić information content (AvgIpc) is 3.01. The lowest BCUT2D eigenvalue weighted by Crippen LogP contribution is -2.40. The fourth-order valence-corrected chi connectivity index (χ4v) is 2.95. The molecule has 0 fully saturated rings. The highest BCUT2D eigenvalue weighted by atomic mass is 16.5. The molecule has 2 aromatic rings. The number of rotatable bonds is 4. The molecule has 4 nitrogen and oxygen atoms in total. The highest BCUT2D eigenvalue weighted by Crippen LogP contribution is 2.27. The number of benzene rings is 2. The van der Waals surface area contributed by atoms with Crippen molar-refractivity contribution in [3.8, 4) is 0 Å². The predicted octanol–water partition coefficient (Wildman–Crippen LogP) is 2.97. The fourth-order valence-electron chi connectivity index (χ4n) is 2.95. The SMILES string of the molecule is CN=C(NCc1ccc(COC)cc1)N1CCc2ccccc21. The zero-order valence-corrected chi connectivity index (χ0v) is 13.7. The van der Waals surface area contributed by atoms with Crippen molar-refractivity contribution in [2.75, 3.05) is 25.6 Å². The van der Waals surface area contributed by atoms with Gasteiger partial charge in [-0.3, -0.25) is 4.99 Å². The number of methoxy groups -OCH3 is 1. The Hall–Kier alpha value is -2.33. The highest BCUT2D eigenvalue weighted by Gasteiger charge is 2.22. The predicted molar refractivity (Wildman–Crippen MR) is 94.8 cm³/mol. The Morgan fingerprint density at radius 1 is 1.13 bits per heavy atom. The average molecular weight is 309 g/mol. The lowest BCUT2D eigenvalue weighted by Gasteiger charge is -2.22. The van der Waals surface area contributed by atoms with Crippen molar-refractivity contribution >= 4 is 11.6 Å². The summed E-state index contributed by atoms with van der Waals surface area (Å²) in [7, 11) is 3.55. The van der Waals surface area contributed by atoms with Crippen LogP contribution >= 0.6 is 0 Å². The first kappa shape index (κ1) is 15.6. The van der Waals surface area contributed by atoms with Crippen LogP contribution < -0.4 is 10.2 Å². The minimum absolute atomic E-state index is 0.653. The van der Waals surface area contributed by atoms with E-state index in [1.165, 1.54) is 22.4 Å². The zero-order chi connectivity index (χ0) is 16.1. The second kappa shape index (κ2) is 7.29. The molecule has 2 aromatic carbocycles. The molecule has 0 aromatic heterocycles. The van der Waals surface area contributed by atoms with Crippen LogP contribution in [0.4, 0.5) is 5.69 Å². The highest BCUT2D eigenvalue weighted by molar-refractivity contribution is 5.97. The molecule has 0 unspecified atom stereocenters. The summed E-state index contributed by atoms with van der Waals surface area (Å²) in [6.07, 6.45) is 1.07. The molecule has 4 heteroatoms. The van der Waals surface area contributed by atoms with Crippen molar-refractivity contribution in [3.05, 3.63) is 65.2 Å². The van der Waals surface area contributed by atoms with Gasteiger partial charge in [0.05, 0.1) is 6.61 Å². The number of para-hydroxylation sites is 1. The van der Waals surface area contributed by atoms with Crippen LogP contribution in [0.25, 0.3) is 0 Å². The van der Waals surface area contributed by atoms with E-state index in [-0.39, 0.29) is 0 Å². The molecule has 1 N–H and O–H groups in total. The largest absolute Gasteiger partial charge is 0.380 e. The molecular weight excluding hydrogens is 286 g/mol. The van der Waals surface area contributed by atoms with E-state index in [1.54, 1.807) is 7.11 Å². The summed E-state index contributed by atoms with van der Waals surface area (Å²) < 4.78 is 5.14. The van der Waals surface area contributed by atoms with E-state index in [0.717, 1.165) is 25.5 Å². The number of nitrogens with one attached hydrogen (secondary N) is 1. The minimum atomic E-state index is 0.653. The maximum absolute atomic E-state index is 5.14. The number of guanidine groups is 1. The summed E-state index contributed by atoms with van der Waals surface area (Å²) in [4.78, 5) is 6.70. The summed E-state index contributed by atoms with van der Waals surface area (Å²) >= 11 is 0. The van der Waals surface area contributed by atoms with Crippen molar-refractivity contribution in [2.45, 2.75) is 19.6 Å². The van der Waals surface area contributed by atoms with Crippen LogP contribution in [0.1, 0.15) is 16.7 Å². The molecule has 0 amide bonds. The van der Waals surface area contributed by atoms with Gasteiger partial charge < -0.3 is 15.0 Å². The summed E-state index contributed by atoms with van der Waals surface area (Å²) in [6.45, 7) is 2.39. The molecule has 3 rings (SSSR count). The maximum Gasteiger partial charge on any atom is 0.198 e. The van der Waals surface area contributed by atoms with E-state index >= 15 is 0 Å². The van der Waals surface area contributed by atoms with Crippen molar-refractivity contribution < 1.29 is 4.74 Å². The van der Waals surface area contributed by atoms with Gasteiger partial charge in [-0.1, -0.05) is 42.5 Å². The summed E-state index contributed by atoms with van der Waals surface area (Å²) in [5.74, 6) is 0.927. The third-order valence-corrected chi connectivity index (χ3v) is 4.14. The number of nitrogens with zero attached hydrogens (tertiary/aromatic N) is 2. The second-order valence-corrected chi connectivity index (χ2v) is 5.68. The molecule has 0 saturated heterocycles. The second-order valence-electron chi connectivity index (χ2n) is 5.68. The smallest absolute Gasteiger partial charge is 0.198 e. The molecule has 1 aliphatic heterocycles. The number of anilines is 1. The zero-order valence-electron chi connectivity index (χ0n) is 13.7. The first-order valence-corrected chi connectivity index (χ1v) is 7.94. The van der Waals surface area contributed by atoms with Crippen LogP contribution in [0.15, 0.2) is 53.5 Å². The van der Waals surface area contributed by atoms with Crippen molar-refractivity contribution in [1.29, 1.82) is 0 Å². The van der Waals surface area contributed by atoms with Gasteiger partial charge >= 0.3 is 0 Å². The van der Waals surface area contributed by atoms with Gasteiger partial charge in [-0.05, 0) is 29.2 Å². The number of hydrogen-bond donors (Lipinski definition) is 1. The molecule has 0 saturated carbocycles. The van der Waals surface area contributed by atoms with E-state index in [2.05, 4.69) is 63.7 Å². The summed E-state index contributed by atoms with van der Waals surface area (Å²) in [5, 5.41) is 3.46. The molecule has 1 aliphatic rings. The Kier molecular flexibility index (Phi) is 4.93. The van der Waals surface area contributed by atoms with Crippen LogP contribution in [0, 0.1) is 0 Å². The summed E-state index contributed by atoms with van der Waals surface area (Å²) in [6, 6.07) is 17.0. The van der Waals surface area contributed by atoms with Crippen molar-refractivity contribution in [2.24, 2.45) is 4.99 Å². The monoisotopic (exact) mass is 309 g/mol. The first-order chi connectivity index (χ1) is 11.3. The van der Waals surface area contributed by atoms with Crippen LogP contribution in [0.5, 0.6) is 0 Å². The van der Waals surface area contributed by atoms with Gasteiger partial charge in [0.15, 0.2) is 5.96 Å². The van der Waals surface area contributed by atoms with Gasteiger partial charge in [-0.25, -0.2) is 0 Å². The normalized spacial score (nSPS) is 14.0. The Labute approximate surface area is 137 Å². The topological polar surface area (TPSA) is 36.9 Å². The van der Waals surface area contributed by atoms with E-state index in [9.17, 15) is 0 Å². The van der Waals surface area contributed by atoms with Crippen molar-refractivity contribution in [1.82, 2.24) is 5.32 Å². The Balaban J connectivity index is 1.65. The van der Waals surface area contributed by atoms with Crippen LogP contribution in [-0.4, -0.2) is 26.7 Å². The molecular formula is C19H23N3O. The van der Waals surface area contributed by atoms with Gasteiger partial charge in [0.25, 0.3) is 0 Å². The fraction of sp³-hybridized carbons (Fsp3) is 0.316. The van der Waals surface area contributed by atoms with Gasteiger partial charge in [-0.15, -0.1) is 0 Å². The van der Waals surface area contributed by atoms with Gasteiger partial charge in [-0.2, -0.15) is 0 Å². The lowest BCUT2D eigenvalue weighted by atomic mass is 10.1. The first-order valence-electron chi connectivity index (χ1n) is 7.94. The Morgan fingerprint density at radius 2 is 1.87 bits per heavy atom. The van der Waals surface area contributed by atoms with E-state index in [1.807, 2.05) is 7.05 Å². The van der Waals surface area contributed by atoms with Crippen LogP contribution in [0.3, 0.4) is 0 Å². The van der Waals surface area contributed by atoms with Crippen LogP contribution in [0.2, 0.25) is 0 Å². The third-order valence-electron chi connectivity index (χ3n) is 4.14. The standard InChI is InChI=1S/C19H23N3O/c1-20-19(22-12-11-17-5-3-4-6-18(17)22)21-13-15-7-9-16(10-8-15)14-23-2/h3-10H,11-14H2,1-2H3,(H,20,21). The van der Waals surface area contributed by atoms with Gasteiger partial charge in [0.2, 0.25) is 0 Å². The summed E-state index contributed by atoms with van der Waals surface area (Å²) in [5.41, 5.74) is 5.07. The van der Waals surface area contributed by atoms with Gasteiger partial charge in [0, 0.05) is 32.9 Å². The molecule has 120 valence electrons. The van der Waals surface area contributed by atoms with E-state index in [0.29, 0.717) is 6.61 Å². The quantitative estimate of drug-likeness (QED) is 0.697. The number of hydrogen-bond acceptors (Lipinski definition) is 2. The van der Waals surface area contributed by atoms with E-state index in [4.69, 9.17) is 4.74 Å². The van der Waals surface area contributed by atoms with Crippen molar-refractivity contribution in [3.63, 3.8) is 0 Å². The number of aliphatic imine (C=N–C) groups is 1. The number of fused-ring (bicyclic) bond motifs is 1. The van der Waals surface area contributed by atoms with Crippen LogP contribution in [-0.2, 0) is 24.3 Å². The Morgan fingerprint density at radius 3 is 2.61 bits per heavy atom. The molecule has 0 aliphatic carbocycles. The molecule has 0 radical (unpaired) electrons. The van der Waals surface area contributed by atoms with Gasteiger partial charge in [0.1, 0.15) is 0 Å². The third kappa shape index (κ3) is 3.54.